The van der Waals surface area contributed by atoms with Crippen LogP contribution in [0.3, 0.4) is 0 Å². The standard InChI is InChI=1S/C15H17F3N2O/c16-15(17,18)10-3-1-2-9(6-10)12-7-13(12)14(21)20-5-4-11(19)8-20/h1-3,6,11-13H,4-5,7-8,19H2/t11-,12-,13+/m1/s1. The molecule has 6 heteroatoms. The van der Waals surface area contributed by atoms with E-state index in [1.807, 2.05) is 0 Å². The zero-order valence-electron chi connectivity index (χ0n) is 11.4. The summed E-state index contributed by atoms with van der Waals surface area (Å²) in [7, 11) is 0. The van der Waals surface area contributed by atoms with Gasteiger partial charge in [-0.2, -0.15) is 13.2 Å². The number of halogens is 3. The molecule has 1 heterocycles. The number of amides is 1. The largest absolute Gasteiger partial charge is 0.416 e. The van der Waals surface area contributed by atoms with Gasteiger partial charge in [0, 0.05) is 25.0 Å². The zero-order chi connectivity index (χ0) is 15.2. The first-order valence-electron chi connectivity index (χ1n) is 7.08. The molecule has 1 aliphatic heterocycles. The van der Waals surface area contributed by atoms with Gasteiger partial charge >= 0.3 is 6.18 Å². The van der Waals surface area contributed by atoms with Crippen molar-refractivity contribution in [2.75, 3.05) is 13.1 Å². The van der Waals surface area contributed by atoms with Crippen LogP contribution in [0.2, 0.25) is 0 Å². The number of carbonyl (C=O) groups excluding carboxylic acids is 1. The molecule has 1 saturated heterocycles. The predicted molar refractivity (Wildman–Crippen MR) is 71.5 cm³/mol. The van der Waals surface area contributed by atoms with Crippen molar-refractivity contribution in [3.63, 3.8) is 0 Å². The summed E-state index contributed by atoms with van der Waals surface area (Å²) in [5, 5.41) is 0. The second-order valence-electron chi connectivity index (χ2n) is 5.90. The van der Waals surface area contributed by atoms with Crippen LogP contribution < -0.4 is 5.73 Å². The highest BCUT2D eigenvalue weighted by Gasteiger charge is 2.47. The van der Waals surface area contributed by atoms with Crippen molar-refractivity contribution < 1.29 is 18.0 Å². The number of benzene rings is 1. The lowest BCUT2D eigenvalue weighted by Gasteiger charge is -2.15. The lowest BCUT2D eigenvalue weighted by molar-refractivity contribution is -0.137. The molecule has 2 fully saturated rings. The Morgan fingerprint density at radius 2 is 2.10 bits per heavy atom. The SMILES string of the molecule is N[C@@H]1CCN(C(=O)[C@H]2C[C@@H]2c2cccc(C(F)(F)F)c2)C1. The highest BCUT2D eigenvalue weighted by Crippen LogP contribution is 2.49. The van der Waals surface area contributed by atoms with Crippen molar-refractivity contribution in [2.45, 2.75) is 31.0 Å². The second kappa shape index (κ2) is 5.02. The molecule has 2 N–H and O–H groups in total. The Morgan fingerprint density at radius 3 is 2.71 bits per heavy atom. The molecule has 0 unspecified atom stereocenters. The first-order valence-corrected chi connectivity index (χ1v) is 7.08. The molecule has 1 aliphatic carbocycles. The smallest absolute Gasteiger partial charge is 0.341 e. The summed E-state index contributed by atoms with van der Waals surface area (Å²) in [5.74, 6) is -0.235. The van der Waals surface area contributed by atoms with Crippen LogP contribution in [0.5, 0.6) is 0 Å². The summed E-state index contributed by atoms with van der Waals surface area (Å²) in [6, 6.07) is 5.32. The minimum Gasteiger partial charge on any atom is -0.341 e. The highest BCUT2D eigenvalue weighted by atomic mass is 19.4. The fourth-order valence-electron chi connectivity index (χ4n) is 3.00. The maximum atomic E-state index is 12.7. The third-order valence-corrected chi connectivity index (χ3v) is 4.29. The lowest BCUT2D eigenvalue weighted by atomic mass is 10.1. The summed E-state index contributed by atoms with van der Waals surface area (Å²) in [6.07, 6.45) is -2.91. The molecule has 3 atom stereocenters. The van der Waals surface area contributed by atoms with Gasteiger partial charge in [0.05, 0.1) is 5.56 Å². The molecule has 0 radical (unpaired) electrons. The van der Waals surface area contributed by atoms with Crippen molar-refractivity contribution in [1.29, 1.82) is 0 Å². The van der Waals surface area contributed by atoms with E-state index in [4.69, 9.17) is 5.73 Å². The summed E-state index contributed by atoms with van der Waals surface area (Å²) in [4.78, 5) is 14.0. The minimum atomic E-state index is -4.34. The zero-order valence-corrected chi connectivity index (χ0v) is 11.4. The van der Waals surface area contributed by atoms with Crippen molar-refractivity contribution in [1.82, 2.24) is 4.90 Å². The number of rotatable bonds is 2. The van der Waals surface area contributed by atoms with E-state index in [1.165, 1.54) is 6.07 Å². The Labute approximate surface area is 120 Å². The van der Waals surface area contributed by atoms with Gasteiger partial charge in [-0.15, -0.1) is 0 Å². The summed E-state index contributed by atoms with van der Waals surface area (Å²) in [5.41, 5.74) is 5.73. The molecular formula is C15H17F3N2O. The number of carbonyl (C=O) groups is 1. The van der Waals surface area contributed by atoms with E-state index in [0.29, 0.717) is 25.1 Å². The number of hydrogen-bond donors (Lipinski definition) is 1. The molecule has 1 saturated carbocycles. The van der Waals surface area contributed by atoms with Crippen LogP contribution in [0.15, 0.2) is 24.3 Å². The first-order chi connectivity index (χ1) is 9.86. The predicted octanol–water partition coefficient (Wildman–Crippen LogP) is 2.37. The number of nitrogens with zero attached hydrogens (tertiary/aromatic N) is 1. The summed E-state index contributed by atoms with van der Waals surface area (Å²) >= 11 is 0. The quantitative estimate of drug-likeness (QED) is 0.911. The number of likely N-dealkylation sites (tertiary alicyclic amines) is 1. The fourth-order valence-corrected chi connectivity index (χ4v) is 3.00. The Morgan fingerprint density at radius 1 is 1.33 bits per heavy atom. The van der Waals surface area contributed by atoms with Crippen LogP contribution in [0.4, 0.5) is 13.2 Å². The first kappa shape index (κ1) is 14.4. The van der Waals surface area contributed by atoms with Crippen LogP contribution in [-0.2, 0) is 11.0 Å². The summed E-state index contributed by atoms with van der Waals surface area (Å²) in [6.45, 7) is 1.22. The maximum absolute atomic E-state index is 12.7. The molecule has 1 aromatic carbocycles. The van der Waals surface area contributed by atoms with Gasteiger partial charge in [0.1, 0.15) is 0 Å². The molecule has 3 nitrogen and oxygen atoms in total. The number of nitrogens with two attached hydrogens (primary N) is 1. The van der Waals surface area contributed by atoms with Gasteiger partial charge < -0.3 is 10.6 Å². The fraction of sp³-hybridized carbons (Fsp3) is 0.533. The molecule has 21 heavy (non-hydrogen) atoms. The number of hydrogen-bond acceptors (Lipinski definition) is 2. The Bertz CT molecular complexity index is 558. The van der Waals surface area contributed by atoms with Crippen LogP contribution in [0.25, 0.3) is 0 Å². The van der Waals surface area contributed by atoms with E-state index in [1.54, 1.807) is 11.0 Å². The van der Waals surface area contributed by atoms with E-state index in [-0.39, 0.29) is 23.8 Å². The monoisotopic (exact) mass is 298 g/mol. The Balaban J connectivity index is 1.69. The Kier molecular flexibility index (Phi) is 3.43. The normalized spacial score (nSPS) is 28.8. The topological polar surface area (TPSA) is 46.3 Å². The van der Waals surface area contributed by atoms with Crippen LogP contribution in [0, 0.1) is 5.92 Å². The highest BCUT2D eigenvalue weighted by molar-refractivity contribution is 5.83. The summed E-state index contributed by atoms with van der Waals surface area (Å²) < 4.78 is 38.1. The third kappa shape index (κ3) is 2.90. The van der Waals surface area contributed by atoms with Crippen molar-refractivity contribution in [2.24, 2.45) is 11.7 Å². The molecule has 0 aromatic heterocycles. The molecule has 2 aliphatic rings. The van der Waals surface area contributed by atoms with Crippen molar-refractivity contribution in [3.05, 3.63) is 35.4 Å². The van der Waals surface area contributed by atoms with E-state index in [0.717, 1.165) is 18.6 Å². The van der Waals surface area contributed by atoms with Gasteiger partial charge in [-0.25, -0.2) is 0 Å². The molecule has 1 amide bonds. The van der Waals surface area contributed by atoms with Gasteiger partial charge in [0.15, 0.2) is 0 Å². The molecule has 3 rings (SSSR count). The van der Waals surface area contributed by atoms with Gasteiger partial charge in [-0.1, -0.05) is 18.2 Å². The van der Waals surface area contributed by atoms with E-state index in [9.17, 15) is 18.0 Å². The number of alkyl halides is 3. The molecule has 114 valence electrons. The van der Waals surface area contributed by atoms with E-state index >= 15 is 0 Å². The molecular weight excluding hydrogens is 281 g/mol. The van der Waals surface area contributed by atoms with E-state index < -0.39 is 11.7 Å². The van der Waals surface area contributed by atoms with Crippen LogP contribution in [-0.4, -0.2) is 29.9 Å². The molecule has 0 spiro atoms. The Hall–Kier alpha value is -1.56. The van der Waals surface area contributed by atoms with Gasteiger partial charge in [0.25, 0.3) is 0 Å². The maximum Gasteiger partial charge on any atom is 0.416 e. The van der Waals surface area contributed by atoms with Crippen molar-refractivity contribution in [3.8, 4) is 0 Å². The van der Waals surface area contributed by atoms with Crippen molar-refractivity contribution >= 4 is 5.91 Å². The average Bonchev–Trinajstić information content (AvgIpc) is 3.12. The van der Waals surface area contributed by atoms with Crippen LogP contribution >= 0.6 is 0 Å². The van der Waals surface area contributed by atoms with Crippen LogP contribution in [0.1, 0.15) is 29.9 Å². The molecule has 0 bridgehead atoms. The lowest BCUT2D eigenvalue weighted by Crippen LogP contribution is -2.33. The third-order valence-electron chi connectivity index (χ3n) is 4.29. The molecule has 1 aromatic rings. The van der Waals surface area contributed by atoms with Gasteiger partial charge in [0.2, 0.25) is 5.91 Å². The van der Waals surface area contributed by atoms with E-state index in [2.05, 4.69) is 0 Å². The van der Waals surface area contributed by atoms with Gasteiger partial charge in [-0.3, -0.25) is 4.79 Å². The minimum absolute atomic E-state index is 0.0275. The average molecular weight is 298 g/mol. The second-order valence-corrected chi connectivity index (χ2v) is 5.90. The van der Waals surface area contributed by atoms with Gasteiger partial charge in [-0.05, 0) is 30.4 Å².